The second-order valence-corrected chi connectivity index (χ2v) is 18.8. The highest BCUT2D eigenvalue weighted by Crippen LogP contribution is 2.15. The zero-order chi connectivity index (χ0) is 47.2. The molecule has 6 nitrogen and oxygen atoms in total. The van der Waals surface area contributed by atoms with Crippen LogP contribution in [0.2, 0.25) is 0 Å². The molecule has 0 N–H and O–H groups in total. The van der Waals surface area contributed by atoms with E-state index in [4.69, 9.17) is 14.2 Å². The Hall–Kier alpha value is -2.63. The van der Waals surface area contributed by atoms with Crippen molar-refractivity contribution in [1.82, 2.24) is 0 Å². The molecule has 0 heterocycles. The maximum atomic E-state index is 12.8. The summed E-state index contributed by atoms with van der Waals surface area (Å²) in [6.45, 7) is 6.60. The number of carbonyl (C=O) groups excluding carboxylic acids is 3. The Morgan fingerprint density at radius 2 is 0.554 bits per heavy atom. The molecule has 0 bridgehead atoms. The van der Waals surface area contributed by atoms with Gasteiger partial charge in [0.05, 0.1) is 0 Å². The molecule has 378 valence electrons. The van der Waals surface area contributed by atoms with Gasteiger partial charge in [-0.1, -0.05) is 217 Å². The summed E-state index contributed by atoms with van der Waals surface area (Å²) in [4.78, 5) is 38.1. The molecule has 0 spiro atoms. The summed E-state index contributed by atoms with van der Waals surface area (Å²) in [5.74, 6) is -0.890. The number of esters is 3. The molecular formula is C59H106O6. The van der Waals surface area contributed by atoms with Gasteiger partial charge in [0.25, 0.3) is 0 Å². The first-order valence-corrected chi connectivity index (χ1v) is 28.1. The average Bonchev–Trinajstić information content (AvgIpc) is 3.30. The largest absolute Gasteiger partial charge is 0.462 e. The molecule has 0 aromatic rings. The molecule has 0 amide bonds. The zero-order valence-electron chi connectivity index (χ0n) is 43.3. The van der Waals surface area contributed by atoms with Crippen molar-refractivity contribution in [3.8, 4) is 0 Å². The number of unbranched alkanes of at least 4 members (excludes halogenated alkanes) is 32. The first-order valence-electron chi connectivity index (χ1n) is 28.1. The van der Waals surface area contributed by atoms with Crippen molar-refractivity contribution in [2.45, 2.75) is 297 Å². The fourth-order valence-corrected chi connectivity index (χ4v) is 7.99. The Kier molecular flexibility index (Phi) is 51.8. The highest BCUT2D eigenvalue weighted by Gasteiger charge is 2.19. The Labute approximate surface area is 403 Å². The number of ether oxygens (including phenoxy) is 3. The summed E-state index contributed by atoms with van der Waals surface area (Å²) in [7, 11) is 0. The van der Waals surface area contributed by atoms with E-state index >= 15 is 0 Å². The Bertz CT molecular complexity index is 1140. The van der Waals surface area contributed by atoms with Gasteiger partial charge in [0.15, 0.2) is 6.10 Å². The molecule has 6 heteroatoms. The SMILES string of the molecule is CCCCC/C=C\C/C=C\CCCCCCCCCC(=O)OC[C@H](COC(=O)CCCCCCC/C=C\CCCCCC)OC(=O)CCCCCCCCC/C=C\CCCCCCCC. The number of hydrogen-bond acceptors (Lipinski definition) is 6. The van der Waals surface area contributed by atoms with E-state index in [0.29, 0.717) is 19.3 Å². The molecule has 0 saturated carbocycles. The molecule has 0 aliphatic heterocycles. The van der Waals surface area contributed by atoms with Crippen LogP contribution in [-0.4, -0.2) is 37.2 Å². The molecule has 0 aromatic carbocycles. The van der Waals surface area contributed by atoms with Crippen molar-refractivity contribution in [1.29, 1.82) is 0 Å². The second kappa shape index (κ2) is 54.0. The third-order valence-electron chi connectivity index (χ3n) is 12.3. The first-order chi connectivity index (χ1) is 32.0. The topological polar surface area (TPSA) is 78.9 Å². The third kappa shape index (κ3) is 52.2. The third-order valence-corrected chi connectivity index (χ3v) is 12.3. The van der Waals surface area contributed by atoms with Crippen molar-refractivity contribution >= 4 is 17.9 Å². The van der Waals surface area contributed by atoms with E-state index in [1.165, 1.54) is 173 Å². The van der Waals surface area contributed by atoms with Crippen LogP contribution < -0.4 is 0 Å². The average molecular weight is 911 g/mol. The lowest BCUT2D eigenvalue weighted by molar-refractivity contribution is -0.167. The molecule has 0 aromatic heterocycles. The standard InChI is InChI=1S/C59H106O6/c1-4-7-10-13-16-19-22-25-27-29-31-34-37-40-43-46-49-52-58(61)64-55-56(54-63-57(60)51-48-45-42-39-36-33-24-21-18-15-12-9-6-3)65-59(62)53-50-47-44-41-38-35-32-30-28-26-23-20-17-14-11-8-5-2/h16,19,21,24-28,56H,4-15,17-18,20,22-23,29-55H2,1-3H3/b19-16-,24-21-,27-25-,28-26-/t56-/m0/s1. The normalized spacial score (nSPS) is 12.4. The Balaban J connectivity index is 4.38. The molecule has 0 fully saturated rings. The lowest BCUT2D eigenvalue weighted by Gasteiger charge is -2.18. The van der Waals surface area contributed by atoms with E-state index in [9.17, 15) is 14.4 Å². The quantitative estimate of drug-likeness (QED) is 0.0262. The number of carbonyl (C=O) groups is 3. The van der Waals surface area contributed by atoms with Crippen LogP contribution >= 0.6 is 0 Å². The molecule has 0 unspecified atom stereocenters. The van der Waals surface area contributed by atoms with E-state index in [2.05, 4.69) is 69.4 Å². The Morgan fingerprint density at radius 1 is 0.308 bits per heavy atom. The van der Waals surface area contributed by atoms with Crippen LogP contribution in [-0.2, 0) is 28.6 Å². The van der Waals surface area contributed by atoms with Gasteiger partial charge < -0.3 is 14.2 Å². The minimum atomic E-state index is -0.781. The monoisotopic (exact) mass is 911 g/mol. The summed E-state index contributed by atoms with van der Waals surface area (Å²) < 4.78 is 16.8. The predicted octanol–water partition coefficient (Wildman–Crippen LogP) is 18.7. The van der Waals surface area contributed by atoms with Gasteiger partial charge in [0.1, 0.15) is 13.2 Å². The molecular weight excluding hydrogens is 805 g/mol. The maximum absolute atomic E-state index is 12.8. The van der Waals surface area contributed by atoms with Gasteiger partial charge in [-0.25, -0.2) is 0 Å². The lowest BCUT2D eigenvalue weighted by atomic mass is 10.1. The van der Waals surface area contributed by atoms with E-state index < -0.39 is 6.10 Å². The molecule has 0 radical (unpaired) electrons. The van der Waals surface area contributed by atoms with Crippen molar-refractivity contribution in [3.63, 3.8) is 0 Å². The smallest absolute Gasteiger partial charge is 0.306 e. The molecule has 0 rings (SSSR count). The molecule has 0 aliphatic carbocycles. The number of allylic oxidation sites excluding steroid dienone is 8. The highest BCUT2D eigenvalue weighted by atomic mass is 16.6. The van der Waals surface area contributed by atoms with Crippen molar-refractivity contribution in [2.75, 3.05) is 13.2 Å². The van der Waals surface area contributed by atoms with Gasteiger partial charge in [0, 0.05) is 19.3 Å². The first kappa shape index (κ1) is 62.4. The minimum absolute atomic E-state index is 0.0804. The van der Waals surface area contributed by atoms with Crippen molar-refractivity contribution in [3.05, 3.63) is 48.6 Å². The summed E-state index contributed by atoms with van der Waals surface area (Å²) in [6.07, 6.45) is 65.2. The lowest BCUT2D eigenvalue weighted by Crippen LogP contribution is -2.30. The van der Waals surface area contributed by atoms with E-state index in [1.807, 2.05) is 0 Å². The zero-order valence-corrected chi connectivity index (χ0v) is 43.3. The summed E-state index contributed by atoms with van der Waals surface area (Å²) in [5.41, 5.74) is 0. The maximum Gasteiger partial charge on any atom is 0.306 e. The van der Waals surface area contributed by atoms with E-state index in [1.54, 1.807) is 0 Å². The molecule has 0 aliphatic rings. The van der Waals surface area contributed by atoms with Crippen LogP contribution in [0.15, 0.2) is 48.6 Å². The number of rotatable bonds is 51. The van der Waals surface area contributed by atoms with Gasteiger partial charge in [-0.05, 0) is 103 Å². The number of hydrogen-bond donors (Lipinski definition) is 0. The van der Waals surface area contributed by atoms with Gasteiger partial charge in [-0.3, -0.25) is 14.4 Å². The summed E-state index contributed by atoms with van der Waals surface area (Å²) in [5, 5.41) is 0. The van der Waals surface area contributed by atoms with Gasteiger partial charge in [0.2, 0.25) is 0 Å². The van der Waals surface area contributed by atoms with Crippen molar-refractivity contribution in [2.24, 2.45) is 0 Å². The van der Waals surface area contributed by atoms with Crippen LogP contribution in [0.25, 0.3) is 0 Å². The van der Waals surface area contributed by atoms with Crippen LogP contribution in [0.3, 0.4) is 0 Å². The second-order valence-electron chi connectivity index (χ2n) is 18.8. The summed E-state index contributed by atoms with van der Waals surface area (Å²) in [6, 6.07) is 0. The van der Waals surface area contributed by atoms with Gasteiger partial charge in [-0.15, -0.1) is 0 Å². The van der Waals surface area contributed by atoms with Crippen LogP contribution in [0.5, 0.6) is 0 Å². The predicted molar refractivity (Wildman–Crippen MR) is 279 cm³/mol. The fourth-order valence-electron chi connectivity index (χ4n) is 7.99. The van der Waals surface area contributed by atoms with Crippen molar-refractivity contribution < 1.29 is 28.6 Å². The van der Waals surface area contributed by atoms with Crippen LogP contribution in [0.1, 0.15) is 290 Å². The minimum Gasteiger partial charge on any atom is -0.462 e. The van der Waals surface area contributed by atoms with Crippen LogP contribution in [0, 0.1) is 0 Å². The Morgan fingerprint density at radius 3 is 0.908 bits per heavy atom. The van der Waals surface area contributed by atoms with E-state index in [-0.39, 0.29) is 31.1 Å². The summed E-state index contributed by atoms with van der Waals surface area (Å²) >= 11 is 0. The van der Waals surface area contributed by atoms with Gasteiger partial charge in [-0.2, -0.15) is 0 Å². The van der Waals surface area contributed by atoms with Gasteiger partial charge >= 0.3 is 17.9 Å². The molecule has 65 heavy (non-hydrogen) atoms. The molecule has 1 atom stereocenters. The molecule has 0 saturated heterocycles. The highest BCUT2D eigenvalue weighted by molar-refractivity contribution is 5.71. The van der Waals surface area contributed by atoms with E-state index in [0.717, 1.165) is 77.0 Å². The van der Waals surface area contributed by atoms with Crippen LogP contribution in [0.4, 0.5) is 0 Å². The fraction of sp³-hybridized carbons (Fsp3) is 0.814.